The van der Waals surface area contributed by atoms with Gasteiger partial charge in [0.1, 0.15) is 0 Å². The van der Waals surface area contributed by atoms with Crippen molar-refractivity contribution < 1.29 is 0 Å². The second-order valence-corrected chi connectivity index (χ2v) is 4.00. The molecule has 0 saturated carbocycles. The molecule has 0 saturated heterocycles. The molecule has 0 heterocycles. The Morgan fingerprint density at radius 1 is 0.385 bits per heavy atom. The maximum absolute atomic E-state index is 2.12. The molecular weight excluding hydrogens is 312 g/mol. The molecule has 148 valence electrons. The molecule has 0 radical (unpaired) electrons. The van der Waals surface area contributed by atoms with Gasteiger partial charge in [0.25, 0.3) is 0 Å². The third kappa shape index (κ3) is 16.8. The largest absolute Gasteiger partial charge is 0.0776 e. The van der Waals surface area contributed by atoms with Crippen molar-refractivity contribution in [2.24, 2.45) is 0 Å². The summed E-state index contributed by atoms with van der Waals surface area (Å²) in [6.07, 6.45) is 0. The third-order valence-corrected chi connectivity index (χ3v) is 2.60. The second kappa shape index (κ2) is 27.8. The lowest BCUT2D eigenvalue weighted by Gasteiger charge is -1.92. The fourth-order valence-electron chi connectivity index (χ4n) is 1.67. The quantitative estimate of drug-likeness (QED) is 0.376. The molecule has 0 N–H and O–H groups in total. The number of hydrogen-bond donors (Lipinski definition) is 0. The molecule has 0 atom stereocenters. The van der Waals surface area contributed by atoms with Crippen molar-refractivity contribution >= 4 is 10.8 Å². The van der Waals surface area contributed by atoms with Crippen LogP contribution in [0.3, 0.4) is 0 Å². The summed E-state index contributed by atoms with van der Waals surface area (Å²) >= 11 is 0. The van der Waals surface area contributed by atoms with Crippen LogP contribution in [0.4, 0.5) is 0 Å². The van der Waals surface area contributed by atoms with E-state index >= 15 is 0 Å². The fraction of sp³-hybridized carbons (Fsp3) is 0.385. The fourth-order valence-corrected chi connectivity index (χ4v) is 1.67. The van der Waals surface area contributed by atoms with Gasteiger partial charge >= 0.3 is 0 Å². The van der Waals surface area contributed by atoms with Crippen LogP contribution in [-0.2, 0) is 0 Å². The summed E-state index contributed by atoms with van der Waals surface area (Å²) in [5.74, 6) is 0. The second-order valence-electron chi connectivity index (χ2n) is 4.00. The van der Waals surface area contributed by atoms with E-state index in [2.05, 4.69) is 67.6 Å². The van der Waals surface area contributed by atoms with Crippen molar-refractivity contribution in [1.82, 2.24) is 0 Å². The van der Waals surface area contributed by atoms with Crippen LogP contribution in [0.5, 0.6) is 0 Å². The Balaban J connectivity index is -0.000000134. The van der Waals surface area contributed by atoms with Crippen LogP contribution in [-0.4, -0.2) is 0 Å². The van der Waals surface area contributed by atoms with E-state index in [-0.39, 0.29) is 7.43 Å². The molecule has 3 rings (SSSR count). The van der Waals surface area contributed by atoms with Crippen LogP contribution in [0.15, 0.2) is 78.9 Å². The number of fused-ring (bicyclic) bond motifs is 1. The van der Waals surface area contributed by atoms with E-state index in [9.17, 15) is 0 Å². The highest BCUT2D eigenvalue weighted by Crippen LogP contribution is 2.11. The van der Waals surface area contributed by atoms with Crippen molar-refractivity contribution in [3.63, 3.8) is 0 Å². The Morgan fingerprint density at radius 2 is 0.615 bits per heavy atom. The average Bonchev–Trinajstić information content (AvgIpc) is 2.75. The molecule has 0 bridgehead atoms. The van der Waals surface area contributed by atoms with Crippen molar-refractivity contribution in [3.05, 3.63) is 84.4 Å². The molecule has 26 heavy (non-hydrogen) atoms. The van der Waals surface area contributed by atoms with Gasteiger partial charge in [-0.05, 0) is 17.7 Å². The summed E-state index contributed by atoms with van der Waals surface area (Å²) in [4.78, 5) is 0. The summed E-state index contributed by atoms with van der Waals surface area (Å²) in [6, 6.07) is 27.0. The van der Waals surface area contributed by atoms with E-state index in [0.717, 1.165) is 0 Å². The highest BCUT2D eigenvalue weighted by atomic mass is 13.9. The van der Waals surface area contributed by atoms with Crippen LogP contribution in [0, 0.1) is 6.92 Å². The van der Waals surface area contributed by atoms with Gasteiger partial charge in [-0.25, -0.2) is 0 Å². The molecule has 0 heteroatoms. The Kier molecular flexibility index (Phi) is 33.8. The lowest BCUT2D eigenvalue weighted by atomic mass is 10.1. The molecule has 0 unspecified atom stereocenters. The first-order valence-corrected chi connectivity index (χ1v) is 9.82. The summed E-state index contributed by atoms with van der Waals surface area (Å²) in [5, 5.41) is 2.62. The highest BCUT2D eigenvalue weighted by molar-refractivity contribution is 5.81. The molecule has 3 aromatic rings. The van der Waals surface area contributed by atoms with Crippen LogP contribution >= 0.6 is 0 Å². The molecule has 0 aliphatic heterocycles. The van der Waals surface area contributed by atoms with Gasteiger partial charge in [0.05, 0.1) is 0 Å². The van der Waals surface area contributed by atoms with Crippen molar-refractivity contribution in [3.8, 4) is 0 Å². The molecule has 0 aliphatic carbocycles. The monoisotopic (exact) mass is 356 g/mol. The molecular formula is C26H44. The normalized spacial score (nSPS) is 7.12. The molecule has 0 aliphatic rings. The molecule has 0 nitrogen and oxygen atoms in total. The predicted octanol–water partition coefficient (Wildman–Crippen LogP) is 9.58. The topological polar surface area (TPSA) is 0 Å². The number of aryl methyl sites for hydroxylation is 1. The minimum atomic E-state index is 0. The Morgan fingerprint density at radius 3 is 0.808 bits per heavy atom. The van der Waals surface area contributed by atoms with Gasteiger partial charge in [-0.3, -0.25) is 0 Å². The van der Waals surface area contributed by atoms with E-state index in [1.165, 1.54) is 16.3 Å². The lowest BCUT2D eigenvalue weighted by Crippen LogP contribution is -1.67. The van der Waals surface area contributed by atoms with Gasteiger partial charge < -0.3 is 0 Å². The molecule has 0 aromatic heterocycles. The molecule has 0 spiro atoms. The van der Waals surface area contributed by atoms with Gasteiger partial charge in [0.15, 0.2) is 0 Å². The van der Waals surface area contributed by atoms with Crippen molar-refractivity contribution in [1.29, 1.82) is 0 Å². The SMILES string of the molecule is C.CC.CC.CC.CC.Cc1ccccc1.c1ccc2ccccc2c1. The summed E-state index contributed by atoms with van der Waals surface area (Å²) in [5.41, 5.74) is 1.32. The average molecular weight is 357 g/mol. The number of rotatable bonds is 0. The van der Waals surface area contributed by atoms with Crippen molar-refractivity contribution in [2.75, 3.05) is 0 Å². The molecule has 3 aromatic carbocycles. The van der Waals surface area contributed by atoms with E-state index in [4.69, 9.17) is 0 Å². The van der Waals surface area contributed by atoms with Gasteiger partial charge in [0.2, 0.25) is 0 Å². The van der Waals surface area contributed by atoms with Gasteiger partial charge in [-0.15, -0.1) is 0 Å². The summed E-state index contributed by atoms with van der Waals surface area (Å²) in [7, 11) is 0. The first-order valence-electron chi connectivity index (χ1n) is 9.82. The van der Waals surface area contributed by atoms with E-state index < -0.39 is 0 Å². The van der Waals surface area contributed by atoms with Crippen LogP contribution in [0.25, 0.3) is 10.8 Å². The minimum Gasteiger partial charge on any atom is -0.0776 e. The van der Waals surface area contributed by atoms with Gasteiger partial charge in [0, 0.05) is 0 Å². The first kappa shape index (κ1) is 31.7. The maximum atomic E-state index is 2.12. The zero-order valence-electron chi connectivity index (χ0n) is 18.0. The standard InChI is InChI=1S/C10H8.C7H8.4C2H6.CH4/c1-2-6-10-8-4-3-7-9(10)5-1;1-7-5-3-2-4-6-7;4*1-2;/h1-8H;2-6H,1H3;4*1-2H3;1H4. The van der Waals surface area contributed by atoms with Crippen molar-refractivity contribution in [2.45, 2.75) is 69.7 Å². The van der Waals surface area contributed by atoms with Crippen LogP contribution < -0.4 is 0 Å². The zero-order valence-corrected chi connectivity index (χ0v) is 18.0. The Labute approximate surface area is 165 Å². The first-order chi connectivity index (χ1) is 12.4. The van der Waals surface area contributed by atoms with Gasteiger partial charge in [-0.1, -0.05) is 147 Å². The van der Waals surface area contributed by atoms with E-state index in [1.54, 1.807) is 0 Å². The highest BCUT2D eigenvalue weighted by Gasteiger charge is 1.85. The summed E-state index contributed by atoms with van der Waals surface area (Å²) < 4.78 is 0. The molecule has 0 amide bonds. The smallest absolute Gasteiger partial charge is 0.0184 e. The Hall–Kier alpha value is -2.08. The number of hydrogen-bond acceptors (Lipinski definition) is 0. The van der Waals surface area contributed by atoms with E-state index in [1.807, 2.05) is 73.6 Å². The third-order valence-electron chi connectivity index (χ3n) is 2.60. The minimum absolute atomic E-state index is 0. The predicted molar refractivity (Wildman–Crippen MR) is 127 cm³/mol. The lowest BCUT2D eigenvalue weighted by molar-refractivity contribution is 1.48. The van der Waals surface area contributed by atoms with Crippen LogP contribution in [0.2, 0.25) is 0 Å². The van der Waals surface area contributed by atoms with E-state index in [0.29, 0.717) is 0 Å². The zero-order chi connectivity index (χ0) is 19.9. The molecule has 0 fully saturated rings. The maximum Gasteiger partial charge on any atom is -0.0184 e. The van der Waals surface area contributed by atoms with Gasteiger partial charge in [-0.2, -0.15) is 0 Å². The summed E-state index contributed by atoms with van der Waals surface area (Å²) in [6.45, 7) is 18.1. The van der Waals surface area contributed by atoms with Crippen LogP contribution in [0.1, 0.15) is 68.4 Å². The number of benzene rings is 3. The Bertz CT molecular complexity index is 502.